The van der Waals surface area contributed by atoms with Gasteiger partial charge < -0.3 is 4.42 Å². The van der Waals surface area contributed by atoms with E-state index in [1.165, 1.54) is 19.3 Å². The molecule has 0 atom stereocenters. The minimum Gasteiger partial charge on any atom is -0.465 e. The van der Waals surface area contributed by atoms with Crippen LogP contribution in [0.1, 0.15) is 44.3 Å². The SMILES string of the molecule is O=C(/C=C\c1ccco1)C12CC3CC(CC(C3)C1)C2. The minimum atomic E-state index is -0.0160. The number of ketones is 1. The van der Waals surface area contributed by atoms with Crippen LogP contribution in [-0.4, -0.2) is 5.78 Å². The Bertz CT molecular complexity index is 474. The van der Waals surface area contributed by atoms with E-state index in [1.54, 1.807) is 12.3 Å². The van der Waals surface area contributed by atoms with Crippen molar-refractivity contribution in [2.45, 2.75) is 38.5 Å². The van der Waals surface area contributed by atoms with Crippen molar-refractivity contribution < 1.29 is 9.21 Å². The van der Waals surface area contributed by atoms with E-state index in [2.05, 4.69) is 0 Å². The van der Waals surface area contributed by atoms with Gasteiger partial charge in [0.15, 0.2) is 5.78 Å². The van der Waals surface area contributed by atoms with Gasteiger partial charge in [0.05, 0.1) is 6.26 Å². The summed E-state index contributed by atoms with van der Waals surface area (Å²) in [5, 5.41) is 0. The molecule has 0 saturated heterocycles. The predicted octanol–water partition coefficient (Wildman–Crippen LogP) is 4.08. The highest BCUT2D eigenvalue weighted by molar-refractivity contribution is 5.98. The Morgan fingerprint density at radius 1 is 1.16 bits per heavy atom. The Morgan fingerprint density at radius 3 is 2.32 bits per heavy atom. The number of carbonyl (C=O) groups is 1. The van der Waals surface area contributed by atoms with E-state index in [4.69, 9.17) is 4.42 Å². The lowest BCUT2D eigenvalue weighted by atomic mass is 9.48. The molecule has 0 spiro atoms. The first-order chi connectivity index (χ1) is 9.23. The molecule has 0 aliphatic heterocycles. The Balaban J connectivity index is 1.56. The second-order valence-corrected chi connectivity index (χ2v) is 6.91. The summed E-state index contributed by atoms with van der Waals surface area (Å²) in [6.07, 6.45) is 12.8. The van der Waals surface area contributed by atoms with Crippen LogP contribution in [0, 0.1) is 23.2 Å². The van der Waals surface area contributed by atoms with Gasteiger partial charge in [-0.05, 0) is 80.6 Å². The molecule has 0 aromatic carbocycles. The zero-order chi connectivity index (χ0) is 12.9. The van der Waals surface area contributed by atoms with E-state index >= 15 is 0 Å². The Hall–Kier alpha value is -1.31. The fraction of sp³-hybridized carbons (Fsp3) is 0.588. The first kappa shape index (κ1) is 11.5. The van der Waals surface area contributed by atoms with Gasteiger partial charge in [-0.3, -0.25) is 4.79 Å². The smallest absolute Gasteiger partial charge is 0.161 e. The van der Waals surface area contributed by atoms with Crippen LogP contribution < -0.4 is 0 Å². The van der Waals surface area contributed by atoms with Crippen LogP contribution in [0.2, 0.25) is 0 Å². The maximum atomic E-state index is 12.7. The van der Waals surface area contributed by atoms with Gasteiger partial charge in [0.2, 0.25) is 0 Å². The predicted molar refractivity (Wildman–Crippen MR) is 73.4 cm³/mol. The highest BCUT2D eigenvalue weighted by Gasteiger charge is 2.53. The molecule has 19 heavy (non-hydrogen) atoms. The van der Waals surface area contributed by atoms with Crippen LogP contribution in [0.15, 0.2) is 28.9 Å². The second-order valence-electron chi connectivity index (χ2n) is 6.91. The van der Waals surface area contributed by atoms with Gasteiger partial charge in [0, 0.05) is 5.41 Å². The molecular weight excluding hydrogens is 236 g/mol. The van der Waals surface area contributed by atoms with Gasteiger partial charge >= 0.3 is 0 Å². The van der Waals surface area contributed by atoms with Gasteiger partial charge in [-0.1, -0.05) is 0 Å². The van der Waals surface area contributed by atoms with E-state index in [0.29, 0.717) is 5.78 Å². The number of hydrogen-bond acceptors (Lipinski definition) is 2. The third-order valence-electron chi connectivity index (χ3n) is 5.50. The molecule has 4 fully saturated rings. The first-order valence-corrected chi connectivity index (χ1v) is 7.49. The summed E-state index contributed by atoms with van der Waals surface area (Å²) >= 11 is 0. The zero-order valence-electron chi connectivity index (χ0n) is 11.2. The van der Waals surface area contributed by atoms with Crippen LogP contribution in [0.5, 0.6) is 0 Å². The highest BCUT2D eigenvalue weighted by atomic mass is 16.3. The monoisotopic (exact) mass is 256 g/mol. The molecule has 5 rings (SSSR count). The molecule has 0 radical (unpaired) electrons. The lowest BCUT2D eigenvalue weighted by Crippen LogP contribution is -2.49. The molecule has 100 valence electrons. The summed E-state index contributed by atoms with van der Waals surface area (Å²) in [5.74, 6) is 3.60. The van der Waals surface area contributed by atoms with E-state index in [9.17, 15) is 4.79 Å². The number of furan rings is 1. The highest BCUT2D eigenvalue weighted by Crippen LogP contribution is 2.60. The molecule has 1 aromatic rings. The molecule has 2 nitrogen and oxygen atoms in total. The molecule has 1 heterocycles. The van der Waals surface area contributed by atoms with Crippen molar-refractivity contribution in [3.8, 4) is 0 Å². The molecule has 4 aliphatic rings. The zero-order valence-corrected chi connectivity index (χ0v) is 11.2. The van der Waals surface area contributed by atoms with Gasteiger partial charge in [-0.2, -0.15) is 0 Å². The fourth-order valence-electron chi connectivity index (χ4n) is 5.13. The first-order valence-electron chi connectivity index (χ1n) is 7.49. The van der Waals surface area contributed by atoms with Crippen molar-refractivity contribution in [2.75, 3.05) is 0 Å². The third-order valence-corrected chi connectivity index (χ3v) is 5.50. The van der Waals surface area contributed by atoms with Gasteiger partial charge in [-0.15, -0.1) is 0 Å². The largest absolute Gasteiger partial charge is 0.465 e. The Morgan fingerprint density at radius 2 is 1.79 bits per heavy atom. The molecule has 4 aliphatic carbocycles. The van der Waals surface area contributed by atoms with Crippen molar-refractivity contribution >= 4 is 11.9 Å². The third kappa shape index (κ3) is 1.89. The summed E-state index contributed by atoms with van der Waals surface area (Å²) < 4.78 is 5.26. The fourth-order valence-corrected chi connectivity index (χ4v) is 5.13. The van der Waals surface area contributed by atoms with E-state index in [0.717, 1.165) is 42.8 Å². The topological polar surface area (TPSA) is 30.2 Å². The van der Waals surface area contributed by atoms with Crippen molar-refractivity contribution in [2.24, 2.45) is 23.2 Å². The molecule has 0 N–H and O–H groups in total. The van der Waals surface area contributed by atoms with Crippen LogP contribution in [0.3, 0.4) is 0 Å². The maximum absolute atomic E-state index is 12.7. The lowest BCUT2D eigenvalue weighted by Gasteiger charge is -2.55. The van der Waals surface area contributed by atoms with Gasteiger partial charge in [0.1, 0.15) is 5.76 Å². The molecule has 0 amide bonds. The molecule has 1 aromatic heterocycles. The van der Waals surface area contributed by atoms with Crippen molar-refractivity contribution in [3.63, 3.8) is 0 Å². The summed E-state index contributed by atoms with van der Waals surface area (Å²) in [4.78, 5) is 12.7. The van der Waals surface area contributed by atoms with Crippen LogP contribution >= 0.6 is 0 Å². The molecule has 2 heteroatoms. The average Bonchev–Trinajstić information content (AvgIpc) is 2.87. The van der Waals surface area contributed by atoms with E-state index < -0.39 is 0 Å². The van der Waals surface area contributed by atoms with Gasteiger partial charge in [0.25, 0.3) is 0 Å². The minimum absolute atomic E-state index is 0.0160. The molecule has 4 bridgehead atoms. The summed E-state index contributed by atoms with van der Waals surface area (Å²) in [5.41, 5.74) is -0.0160. The lowest BCUT2D eigenvalue weighted by molar-refractivity contribution is -0.138. The Labute approximate surface area is 113 Å². The van der Waals surface area contributed by atoms with Crippen molar-refractivity contribution in [3.05, 3.63) is 30.2 Å². The number of hydrogen-bond donors (Lipinski definition) is 0. The van der Waals surface area contributed by atoms with Crippen LogP contribution in [0.25, 0.3) is 6.08 Å². The van der Waals surface area contributed by atoms with Crippen molar-refractivity contribution in [1.29, 1.82) is 0 Å². The van der Waals surface area contributed by atoms with E-state index in [1.807, 2.05) is 18.2 Å². The molecule has 4 saturated carbocycles. The van der Waals surface area contributed by atoms with Gasteiger partial charge in [-0.25, -0.2) is 0 Å². The standard InChI is InChI=1S/C17H20O2/c18-16(4-3-15-2-1-5-19-15)17-9-12-6-13(10-17)8-14(7-12)11-17/h1-5,12-14H,6-11H2/b4-3-. The molecule has 0 unspecified atom stereocenters. The number of carbonyl (C=O) groups excluding carboxylic acids is 1. The average molecular weight is 256 g/mol. The van der Waals surface area contributed by atoms with Crippen molar-refractivity contribution in [1.82, 2.24) is 0 Å². The quantitative estimate of drug-likeness (QED) is 0.763. The Kier molecular flexibility index (Phi) is 2.48. The summed E-state index contributed by atoms with van der Waals surface area (Å²) in [6, 6.07) is 3.75. The summed E-state index contributed by atoms with van der Waals surface area (Å²) in [7, 11) is 0. The maximum Gasteiger partial charge on any atom is 0.161 e. The molecular formula is C17H20O2. The van der Waals surface area contributed by atoms with Crippen LogP contribution in [-0.2, 0) is 4.79 Å². The normalized spacial score (nSPS) is 40.1. The van der Waals surface area contributed by atoms with Crippen LogP contribution in [0.4, 0.5) is 0 Å². The summed E-state index contributed by atoms with van der Waals surface area (Å²) in [6.45, 7) is 0. The second kappa shape index (κ2) is 4.09. The van der Waals surface area contributed by atoms with E-state index in [-0.39, 0.29) is 5.41 Å². The number of allylic oxidation sites excluding steroid dienone is 1. The number of rotatable bonds is 3.